The summed E-state index contributed by atoms with van der Waals surface area (Å²) in [5, 5.41) is 10.9. The van der Waals surface area contributed by atoms with Gasteiger partial charge in [-0.3, -0.25) is 0 Å². The molecule has 0 amide bonds. The molecule has 3 rings (SSSR count). The Bertz CT molecular complexity index is 779. The molecule has 2 aromatic heterocycles. The second-order valence-electron chi connectivity index (χ2n) is 3.91. The highest BCUT2D eigenvalue weighted by atomic mass is 79.9. The number of hydrogen-bond donors (Lipinski definition) is 0. The monoisotopic (exact) mass is 317 g/mol. The topological polar surface area (TPSA) is 41.6 Å². The summed E-state index contributed by atoms with van der Waals surface area (Å²) in [5.41, 5.74) is 2.52. The minimum atomic E-state index is 0.636. The molecule has 0 saturated carbocycles. The fourth-order valence-electron chi connectivity index (χ4n) is 1.93. The Morgan fingerprint density at radius 3 is 2.89 bits per heavy atom. The van der Waals surface area contributed by atoms with Crippen LogP contribution in [-0.4, -0.2) is 9.55 Å². The summed E-state index contributed by atoms with van der Waals surface area (Å²) >= 11 is 5.17. The van der Waals surface area contributed by atoms with Crippen LogP contribution in [0.1, 0.15) is 5.56 Å². The lowest BCUT2D eigenvalue weighted by molar-refractivity contribution is 0.962. The lowest BCUT2D eigenvalue weighted by Crippen LogP contribution is -1.90. The molecule has 0 unspecified atom stereocenters. The van der Waals surface area contributed by atoms with Crippen molar-refractivity contribution in [1.29, 1.82) is 5.26 Å². The molecule has 88 valence electrons. The summed E-state index contributed by atoms with van der Waals surface area (Å²) in [6.45, 7) is 0. The number of halogens is 1. The molecule has 0 atom stereocenters. The predicted octanol–water partition coefficient (Wildman–Crippen LogP) is 3.94. The van der Waals surface area contributed by atoms with E-state index in [1.165, 1.54) is 0 Å². The van der Waals surface area contributed by atoms with Crippen molar-refractivity contribution in [2.45, 2.75) is 0 Å². The zero-order valence-corrected chi connectivity index (χ0v) is 11.9. The minimum absolute atomic E-state index is 0.636. The maximum atomic E-state index is 8.91. The molecular weight excluding hydrogens is 310 g/mol. The average Bonchev–Trinajstić information content (AvgIpc) is 2.93. The van der Waals surface area contributed by atoms with Crippen LogP contribution in [0.5, 0.6) is 0 Å². The number of rotatable bonds is 1. The van der Waals surface area contributed by atoms with Crippen LogP contribution in [0, 0.1) is 11.3 Å². The van der Waals surface area contributed by atoms with Gasteiger partial charge in [0.15, 0.2) is 5.82 Å². The molecular formula is C13H8BrN3S. The van der Waals surface area contributed by atoms with Gasteiger partial charge in [-0.2, -0.15) is 5.26 Å². The van der Waals surface area contributed by atoms with Crippen molar-refractivity contribution >= 4 is 38.3 Å². The van der Waals surface area contributed by atoms with Crippen LogP contribution in [0.2, 0.25) is 0 Å². The number of hydrogen-bond acceptors (Lipinski definition) is 3. The van der Waals surface area contributed by atoms with Crippen molar-refractivity contribution in [3.05, 3.63) is 39.7 Å². The van der Waals surface area contributed by atoms with Gasteiger partial charge in [-0.05, 0) is 45.6 Å². The molecule has 0 aliphatic heterocycles. The van der Waals surface area contributed by atoms with E-state index in [0.717, 1.165) is 26.2 Å². The van der Waals surface area contributed by atoms with Crippen molar-refractivity contribution in [3.8, 4) is 16.8 Å². The van der Waals surface area contributed by atoms with E-state index in [9.17, 15) is 0 Å². The first-order valence-corrected chi connectivity index (χ1v) is 6.98. The molecule has 3 nitrogen and oxygen atoms in total. The van der Waals surface area contributed by atoms with Crippen LogP contribution in [0.4, 0.5) is 0 Å². The fourth-order valence-corrected chi connectivity index (χ4v) is 3.50. The Morgan fingerprint density at radius 2 is 2.22 bits per heavy atom. The van der Waals surface area contributed by atoms with Crippen LogP contribution in [0.25, 0.3) is 21.7 Å². The quantitative estimate of drug-likeness (QED) is 0.682. The molecule has 0 radical (unpaired) electrons. The Kier molecular flexibility index (Phi) is 2.69. The number of fused-ring (bicyclic) bond motifs is 1. The molecule has 5 heteroatoms. The van der Waals surface area contributed by atoms with E-state index < -0.39 is 0 Å². The standard InChI is InChI=1S/C13H8BrN3S/c1-17-11-3-2-8(7-15)6-10(11)16-13(17)12-9(14)4-5-18-12/h2-6H,1H3. The second-order valence-corrected chi connectivity index (χ2v) is 5.68. The SMILES string of the molecule is Cn1c(-c2sccc2Br)nc2cc(C#N)ccc21. The van der Waals surface area contributed by atoms with E-state index >= 15 is 0 Å². The summed E-state index contributed by atoms with van der Waals surface area (Å²) in [4.78, 5) is 5.72. The third-order valence-electron chi connectivity index (χ3n) is 2.83. The predicted molar refractivity (Wildman–Crippen MR) is 76.4 cm³/mol. The first kappa shape index (κ1) is 11.5. The lowest BCUT2D eigenvalue weighted by Gasteiger charge is -2.00. The van der Waals surface area contributed by atoms with Gasteiger partial charge in [0, 0.05) is 11.5 Å². The lowest BCUT2D eigenvalue weighted by atomic mass is 10.2. The van der Waals surface area contributed by atoms with E-state index in [1.54, 1.807) is 11.3 Å². The van der Waals surface area contributed by atoms with Gasteiger partial charge in [-0.1, -0.05) is 0 Å². The van der Waals surface area contributed by atoms with E-state index in [4.69, 9.17) is 5.26 Å². The summed E-state index contributed by atoms with van der Waals surface area (Å²) in [7, 11) is 1.99. The molecule has 0 bridgehead atoms. The summed E-state index contributed by atoms with van der Waals surface area (Å²) in [6, 6.07) is 9.72. The number of aromatic nitrogens is 2. The molecule has 3 aromatic rings. The van der Waals surface area contributed by atoms with Gasteiger partial charge < -0.3 is 4.57 Å². The maximum absolute atomic E-state index is 8.91. The van der Waals surface area contributed by atoms with Crippen molar-refractivity contribution in [3.63, 3.8) is 0 Å². The smallest absolute Gasteiger partial charge is 0.152 e. The van der Waals surface area contributed by atoms with Crippen molar-refractivity contribution in [1.82, 2.24) is 9.55 Å². The van der Waals surface area contributed by atoms with Gasteiger partial charge in [-0.15, -0.1) is 11.3 Å². The average molecular weight is 318 g/mol. The van der Waals surface area contributed by atoms with E-state index in [1.807, 2.05) is 41.3 Å². The number of nitrogens with zero attached hydrogens (tertiary/aromatic N) is 3. The zero-order valence-electron chi connectivity index (χ0n) is 9.51. The first-order valence-electron chi connectivity index (χ1n) is 5.30. The largest absolute Gasteiger partial charge is 0.326 e. The second kappa shape index (κ2) is 4.23. The molecule has 18 heavy (non-hydrogen) atoms. The summed E-state index contributed by atoms with van der Waals surface area (Å²) in [5.74, 6) is 0.918. The molecule has 0 N–H and O–H groups in total. The first-order chi connectivity index (χ1) is 8.70. The van der Waals surface area contributed by atoms with Crippen molar-refractivity contribution in [2.75, 3.05) is 0 Å². The van der Waals surface area contributed by atoms with Gasteiger partial charge >= 0.3 is 0 Å². The third-order valence-corrected chi connectivity index (χ3v) is 4.66. The van der Waals surface area contributed by atoms with Gasteiger partial charge in [-0.25, -0.2) is 4.98 Å². The van der Waals surface area contributed by atoms with E-state index in [-0.39, 0.29) is 0 Å². The van der Waals surface area contributed by atoms with Crippen LogP contribution in [0.3, 0.4) is 0 Å². The van der Waals surface area contributed by atoms with Gasteiger partial charge in [0.1, 0.15) is 0 Å². The Morgan fingerprint density at radius 1 is 1.39 bits per heavy atom. The Hall–Kier alpha value is -1.64. The molecule has 2 heterocycles. The molecule has 0 fully saturated rings. The molecule has 0 aliphatic rings. The third kappa shape index (κ3) is 1.65. The summed E-state index contributed by atoms with van der Waals surface area (Å²) < 4.78 is 3.10. The normalized spacial score (nSPS) is 10.7. The van der Waals surface area contributed by atoms with Crippen LogP contribution in [-0.2, 0) is 7.05 Å². The molecule has 0 aliphatic carbocycles. The minimum Gasteiger partial charge on any atom is -0.326 e. The van der Waals surface area contributed by atoms with Crippen molar-refractivity contribution < 1.29 is 0 Å². The Labute approximate surface area is 116 Å². The van der Waals surface area contributed by atoms with Gasteiger partial charge in [0.05, 0.1) is 27.5 Å². The molecule has 1 aromatic carbocycles. The van der Waals surface area contributed by atoms with Gasteiger partial charge in [0.25, 0.3) is 0 Å². The zero-order chi connectivity index (χ0) is 12.7. The number of imidazole rings is 1. The Balaban J connectivity index is 2.30. The highest BCUT2D eigenvalue weighted by Gasteiger charge is 2.13. The van der Waals surface area contributed by atoms with Crippen LogP contribution in [0.15, 0.2) is 34.1 Å². The fraction of sp³-hybridized carbons (Fsp3) is 0.0769. The number of benzene rings is 1. The number of nitriles is 1. The van der Waals surface area contributed by atoms with Crippen molar-refractivity contribution in [2.24, 2.45) is 7.05 Å². The highest BCUT2D eigenvalue weighted by molar-refractivity contribution is 9.10. The summed E-state index contributed by atoms with van der Waals surface area (Å²) in [6.07, 6.45) is 0. The van der Waals surface area contributed by atoms with E-state index in [0.29, 0.717) is 5.56 Å². The van der Waals surface area contributed by atoms with Crippen LogP contribution < -0.4 is 0 Å². The van der Waals surface area contributed by atoms with Crippen LogP contribution >= 0.6 is 27.3 Å². The molecule has 0 spiro atoms. The highest BCUT2D eigenvalue weighted by Crippen LogP contribution is 2.34. The van der Waals surface area contributed by atoms with Gasteiger partial charge in [0.2, 0.25) is 0 Å². The maximum Gasteiger partial charge on any atom is 0.152 e. The number of thiophene rings is 1. The molecule has 0 saturated heterocycles. The number of aryl methyl sites for hydroxylation is 1. The van der Waals surface area contributed by atoms with E-state index in [2.05, 4.69) is 27.0 Å².